The molecule has 2 unspecified atom stereocenters. The summed E-state index contributed by atoms with van der Waals surface area (Å²) in [4.78, 5) is 2.33. The Balaban J connectivity index is 2.39. The summed E-state index contributed by atoms with van der Waals surface area (Å²) in [6.45, 7) is 5.17. The zero-order valence-corrected chi connectivity index (χ0v) is 12.2. The van der Waals surface area contributed by atoms with Crippen LogP contribution in [0.2, 0.25) is 0 Å². The molecule has 0 spiro atoms. The molecule has 0 amide bonds. The minimum Gasteiger partial charge on any atom is -0.768 e. The van der Waals surface area contributed by atoms with Gasteiger partial charge in [0.1, 0.15) is 5.75 Å². The minimum absolute atomic E-state index is 0.0106. The lowest BCUT2D eigenvalue weighted by atomic mass is 10.1. The van der Waals surface area contributed by atoms with Crippen LogP contribution in [0.3, 0.4) is 0 Å². The molecular weight excluding hydrogens is 270 g/mol. The number of thioether (sulfide) groups is 1. The van der Waals surface area contributed by atoms with Gasteiger partial charge in [0, 0.05) is 21.8 Å². The summed E-state index contributed by atoms with van der Waals surface area (Å²) in [5.41, 5.74) is 0.662. The summed E-state index contributed by atoms with van der Waals surface area (Å²) in [5, 5.41) is 9.91. The first-order valence-electron chi connectivity index (χ1n) is 5.60. The van der Waals surface area contributed by atoms with Crippen LogP contribution in [0.4, 0.5) is 0 Å². The van der Waals surface area contributed by atoms with E-state index in [4.69, 9.17) is 0 Å². The van der Waals surface area contributed by atoms with Crippen LogP contribution in [0.15, 0.2) is 23.1 Å². The van der Waals surface area contributed by atoms with Gasteiger partial charge in [-0.15, -0.1) is 11.8 Å². The van der Waals surface area contributed by atoms with Gasteiger partial charge < -0.3 is 9.66 Å². The van der Waals surface area contributed by atoms with Gasteiger partial charge in [-0.05, 0) is 50.2 Å². The number of phenolic OH excluding ortho intramolecular Hbond substituents is 1. The lowest BCUT2D eigenvalue weighted by Gasteiger charge is -2.20. The fourth-order valence-electron chi connectivity index (χ4n) is 2.25. The van der Waals surface area contributed by atoms with Crippen molar-refractivity contribution in [3.05, 3.63) is 23.8 Å². The third kappa shape index (κ3) is 2.71. The first-order chi connectivity index (χ1) is 8.30. The molecule has 2 atom stereocenters. The van der Waals surface area contributed by atoms with E-state index in [1.807, 2.05) is 7.05 Å². The van der Waals surface area contributed by atoms with Crippen molar-refractivity contribution in [2.75, 3.05) is 13.6 Å². The predicted molar refractivity (Wildman–Crippen MR) is 72.3 cm³/mol. The number of rotatable bonds is 2. The molecule has 1 aromatic carbocycles. The normalized spacial score (nSPS) is 25.2. The van der Waals surface area contributed by atoms with Crippen LogP contribution in [0.1, 0.15) is 24.8 Å². The average molecular weight is 286 g/mol. The molecule has 1 fully saturated rings. The van der Waals surface area contributed by atoms with E-state index in [1.165, 1.54) is 12.1 Å². The number of phenols is 1. The summed E-state index contributed by atoms with van der Waals surface area (Å²) in [6, 6.07) is 4.40. The molecular formula is C12H16NO3S2-. The lowest BCUT2D eigenvalue weighted by molar-refractivity contribution is 0.319. The van der Waals surface area contributed by atoms with Gasteiger partial charge in [-0.3, -0.25) is 9.11 Å². The van der Waals surface area contributed by atoms with E-state index in [0.29, 0.717) is 5.56 Å². The van der Waals surface area contributed by atoms with Crippen molar-refractivity contribution in [1.82, 2.24) is 4.90 Å². The topological polar surface area (TPSA) is 63.6 Å². The standard InChI is InChI=1S/C12H17NO3S2/c1-12(2)7-13(3)11(17-12)9-6-8(18(15)16)4-5-10(9)14/h4-6,11,14H,7H2,1-3H3,(H,15,16)/p-1. The Bertz CT molecular complexity index is 490. The smallest absolute Gasteiger partial charge is 0.121 e. The first-order valence-corrected chi connectivity index (χ1v) is 7.56. The quantitative estimate of drug-likeness (QED) is 0.843. The Morgan fingerprint density at radius 3 is 2.72 bits per heavy atom. The maximum Gasteiger partial charge on any atom is 0.121 e. The van der Waals surface area contributed by atoms with Crippen molar-refractivity contribution < 1.29 is 13.9 Å². The molecule has 1 N–H and O–H groups in total. The number of benzene rings is 1. The van der Waals surface area contributed by atoms with Crippen LogP contribution < -0.4 is 0 Å². The molecule has 1 saturated heterocycles. The number of hydrogen-bond donors (Lipinski definition) is 1. The summed E-state index contributed by atoms with van der Waals surface area (Å²) < 4.78 is 22.1. The Hall–Kier alpha value is -0.560. The van der Waals surface area contributed by atoms with Crippen molar-refractivity contribution >= 4 is 22.8 Å². The van der Waals surface area contributed by atoms with E-state index in [9.17, 15) is 13.9 Å². The molecule has 1 aliphatic heterocycles. The van der Waals surface area contributed by atoms with Gasteiger partial charge in [0.15, 0.2) is 0 Å². The van der Waals surface area contributed by atoms with Crippen LogP contribution in [-0.2, 0) is 11.1 Å². The molecule has 2 rings (SSSR count). The van der Waals surface area contributed by atoms with Gasteiger partial charge in [-0.25, -0.2) is 0 Å². The molecule has 18 heavy (non-hydrogen) atoms. The molecule has 100 valence electrons. The number of hydrogen-bond acceptors (Lipinski definition) is 5. The fraction of sp³-hybridized carbons (Fsp3) is 0.500. The molecule has 1 aromatic rings. The highest BCUT2D eigenvalue weighted by molar-refractivity contribution is 8.01. The van der Waals surface area contributed by atoms with Crippen LogP contribution in [0, 0.1) is 0 Å². The molecule has 6 heteroatoms. The zero-order chi connectivity index (χ0) is 13.5. The SMILES string of the molecule is CN1CC(C)(C)SC1c1cc(S(=O)[O-])ccc1O. The molecule has 0 aromatic heterocycles. The first kappa shape index (κ1) is 13.9. The molecule has 4 nitrogen and oxygen atoms in total. The fourth-order valence-corrected chi connectivity index (χ4v) is 4.10. The Kier molecular flexibility index (Phi) is 3.73. The average Bonchev–Trinajstić information content (AvgIpc) is 2.52. The Morgan fingerprint density at radius 2 is 2.22 bits per heavy atom. The molecule has 1 aliphatic rings. The summed E-state index contributed by atoms with van der Waals surface area (Å²) in [5.74, 6) is 0.145. The van der Waals surface area contributed by atoms with E-state index in [0.717, 1.165) is 6.54 Å². The van der Waals surface area contributed by atoms with Gasteiger partial charge in [-0.2, -0.15) is 0 Å². The predicted octanol–water partition coefficient (Wildman–Crippen LogP) is 2.09. The largest absolute Gasteiger partial charge is 0.768 e. The maximum atomic E-state index is 11.0. The van der Waals surface area contributed by atoms with Gasteiger partial charge in [0.05, 0.1) is 5.37 Å². The monoisotopic (exact) mass is 286 g/mol. The highest BCUT2D eigenvalue weighted by Gasteiger charge is 2.37. The van der Waals surface area contributed by atoms with Gasteiger partial charge in [-0.1, -0.05) is 0 Å². The minimum atomic E-state index is -2.27. The number of nitrogens with zero attached hydrogens (tertiary/aromatic N) is 1. The number of aromatic hydroxyl groups is 1. The zero-order valence-electron chi connectivity index (χ0n) is 10.5. The van der Waals surface area contributed by atoms with Crippen molar-refractivity contribution in [1.29, 1.82) is 0 Å². The van der Waals surface area contributed by atoms with Crippen LogP contribution in [-0.4, -0.2) is 37.1 Å². The van der Waals surface area contributed by atoms with Crippen molar-refractivity contribution in [3.8, 4) is 5.75 Å². The second-order valence-corrected chi connectivity index (χ2v) is 7.83. The summed E-state index contributed by atoms with van der Waals surface area (Å²) in [6.07, 6.45) is 0. The van der Waals surface area contributed by atoms with E-state index in [2.05, 4.69) is 18.7 Å². The highest BCUT2D eigenvalue weighted by Crippen LogP contribution is 2.49. The van der Waals surface area contributed by atoms with Crippen molar-refractivity contribution in [2.45, 2.75) is 28.9 Å². The van der Waals surface area contributed by atoms with E-state index < -0.39 is 11.1 Å². The van der Waals surface area contributed by atoms with Crippen LogP contribution in [0.5, 0.6) is 5.75 Å². The van der Waals surface area contributed by atoms with Crippen molar-refractivity contribution in [2.24, 2.45) is 0 Å². The second-order valence-electron chi connectivity index (χ2n) is 5.10. The molecule has 1 heterocycles. The molecule has 0 saturated carbocycles. The molecule has 0 aliphatic carbocycles. The van der Waals surface area contributed by atoms with Crippen molar-refractivity contribution in [3.63, 3.8) is 0 Å². The summed E-state index contributed by atoms with van der Waals surface area (Å²) >= 11 is -0.538. The highest BCUT2D eigenvalue weighted by atomic mass is 32.2. The van der Waals surface area contributed by atoms with Gasteiger partial charge >= 0.3 is 0 Å². The van der Waals surface area contributed by atoms with Crippen LogP contribution >= 0.6 is 11.8 Å². The third-order valence-corrected chi connectivity index (χ3v) is 5.16. The Labute approximate surface area is 114 Å². The van der Waals surface area contributed by atoms with E-state index in [1.54, 1.807) is 17.8 Å². The van der Waals surface area contributed by atoms with E-state index >= 15 is 0 Å². The Morgan fingerprint density at radius 1 is 1.56 bits per heavy atom. The third-order valence-electron chi connectivity index (χ3n) is 2.92. The summed E-state index contributed by atoms with van der Waals surface area (Å²) in [7, 11) is 1.98. The van der Waals surface area contributed by atoms with E-state index in [-0.39, 0.29) is 20.8 Å². The second kappa shape index (κ2) is 4.85. The maximum absolute atomic E-state index is 11.0. The lowest BCUT2D eigenvalue weighted by Crippen LogP contribution is -2.24. The molecule has 0 bridgehead atoms. The van der Waals surface area contributed by atoms with Gasteiger partial charge in [0.2, 0.25) is 0 Å². The van der Waals surface area contributed by atoms with Crippen LogP contribution in [0.25, 0.3) is 0 Å². The molecule has 0 radical (unpaired) electrons. The van der Waals surface area contributed by atoms with Gasteiger partial charge in [0.25, 0.3) is 0 Å².